The normalized spacial score (nSPS) is 18.0. The maximum Gasteiger partial charge on any atom is 0.238 e. The molecule has 2 rings (SSSR count). The van der Waals surface area contributed by atoms with Crippen LogP contribution in [0.5, 0.6) is 0 Å². The lowest BCUT2D eigenvalue weighted by Gasteiger charge is -2.31. The highest BCUT2D eigenvalue weighted by atomic mass is 16.2. The first-order valence-electron chi connectivity index (χ1n) is 9.13. The molecule has 1 aromatic rings. The maximum absolute atomic E-state index is 12.5. The highest BCUT2D eigenvalue weighted by molar-refractivity contribution is 5.93. The van der Waals surface area contributed by atoms with E-state index in [-0.39, 0.29) is 17.7 Å². The number of para-hydroxylation sites is 1. The van der Waals surface area contributed by atoms with Crippen LogP contribution in [0.25, 0.3) is 0 Å². The van der Waals surface area contributed by atoms with Crippen LogP contribution in [0.3, 0.4) is 0 Å². The Morgan fingerprint density at radius 2 is 2.16 bits per heavy atom. The van der Waals surface area contributed by atoms with Crippen molar-refractivity contribution in [2.24, 2.45) is 11.7 Å². The zero-order valence-electron chi connectivity index (χ0n) is 15.3. The van der Waals surface area contributed by atoms with Gasteiger partial charge in [-0.05, 0) is 43.9 Å². The summed E-state index contributed by atoms with van der Waals surface area (Å²) in [4.78, 5) is 26.7. The molecule has 6 heteroatoms. The summed E-state index contributed by atoms with van der Waals surface area (Å²) >= 11 is 0. The Hall–Kier alpha value is -1.92. The number of benzene rings is 1. The van der Waals surface area contributed by atoms with Gasteiger partial charge >= 0.3 is 0 Å². The molecule has 1 saturated heterocycles. The number of aryl methyl sites for hydroxylation is 2. The SMILES string of the molecule is CCc1cccc(C)c1NC(=O)CN1CCCC(C(=O)NCCN)C1. The minimum atomic E-state index is -0.0576. The van der Waals surface area contributed by atoms with Gasteiger partial charge in [-0.2, -0.15) is 0 Å². The van der Waals surface area contributed by atoms with Crippen molar-refractivity contribution in [3.05, 3.63) is 29.3 Å². The van der Waals surface area contributed by atoms with Crippen LogP contribution in [0.15, 0.2) is 18.2 Å². The first-order valence-corrected chi connectivity index (χ1v) is 9.13. The van der Waals surface area contributed by atoms with Gasteiger partial charge in [-0.25, -0.2) is 0 Å². The molecule has 0 saturated carbocycles. The van der Waals surface area contributed by atoms with Crippen LogP contribution in [-0.2, 0) is 16.0 Å². The van der Waals surface area contributed by atoms with Gasteiger partial charge in [0, 0.05) is 25.3 Å². The maximum atomic E-state index is 12.5. The van der Waals surface area contributed by atoms with Crippen LogP contribution >= 0.6 is 0 Å². The highest BCUT2D eigenvalue weighted by Gasteiger charge is 2.26. The van der Waals surface area contributed by atoms with Crippen molar-refractivity contribution in [3.63, 3.8) is 0 Å². The van der Waals surface area contributed by atoms with Gasteiger partial charge in [0.25, 0.3) is 0 Å². The molecule has 2 amide bonds. The lowest BCUT2D eigenvalue weighted by atomic mass is 9.97. The molecule has 138 valence electrons. The minimum absolute atomic E-state index is 0.0213. The number of anilines is 1. The third-order valence-electron chi connectivity index (χ3n) is 4.69. The molecular formula is C19H30N4O2. The summed E-state index contributed by atoms with van der Waals surface area (Å²) in [7, 11) is 0. The molecule has 4 N–H and O–H groups in total. The van der Waals surface area contributed by atoms with E-state index in [4.69, 9.17) is 5.73 Å². The molecule has 1 aromatic carbocycles. The van der Waals surface area contributed by atoms with Gasteiger partial charge < -0.3 is 16.4 Å². The third kappa shape index (κ3) is 5.54. The molecule has 1 aliphatic heterocycles. The topological polar surface area (TPSA) is 87.5 Å². The highest BCUT2D eigenvalue weighted by Crippen LogP contribution is 2.21. The predicted molar refractivity (Wildman–Crippen MR) is 100 cm³/mol. The number of carbonyl (C=O) groups excluding carboxylic acids is 2. The molecule has 0 aromatic heterocycles. The number of piperidine rings is 1. The summed E-state index contributed by atoms with van der Waals surface area (Å²) in [5.74, 6) is -0.0347. The van der Waals surface area contributed by atoms with E-state index in [1.165, 1.54) is 0 Å². The first-order chi connectivity index (χ1) is 12.0. The van der Waals surface area contributed by atoms with E-state index < -0.39 is 0 Å². The average molecular weight is 346 g/mol. The number of likely N-dealkylation sites (tertiary alicyclic amines) is 1. The number of nitrogens with one attached hydrogen (secondary N) is 2. The Morgan fingerprint density at radius 1 is 1.36 bits per heavy atom. The monoisotopic (exact) mass is 346 g/mol. The van der Waals surface area contributed by atoms with Crippen molar-refractivity contribution >= 4 is 17.5 Å². The number of hydrogen-bond acceptors (Lipinski definition) is 4. The Balaban J connectivity index is 1.91. The molecular weight excluding hydrogens is 316 g/mol. The van der Waals surface area contributed by atoms with Crippen molar-refractivity contribution in [1.82, 2.24) is 10.2 Å². The van der Waals surface area contributed by atoms with Gasteiger partial charge in [0.2, 0.25) is 11.8 Å². The van der Waals surface area contributed by atoms with Crippen LogP contribution < -0.4 is 16.4 Å². The summed E-state index contributed by atoms with van der Waals surface area (Å²) in [5, 5.41) is 5.90. The molecule has 1 aliphatic rings. The predicted octanol–water partition coefficient (Wildman–Crippen LogP) is 1.28. The number of carbonyl (C=O) groups is 2. The molecule has 6 nitrogen and oxygen atoms in total. The van der Waals surface area contributed by atoms with E-state index in [0.717, 1.165) is 42.6 Å². The zero-order chi connectivity index (χ0) is 18.2. The lowest BCUT2D eigenvalue weighted by molar-refractivity contribution is -0.127. The summed E-state index contributed by atoms with van der Waals surface area (Å²) in [6.45, 7) is 6.83. The second-order valence-electron chi connectivity index (χ2n) is 6.66. The molecule has 25 heavy (non-hydrogen) atoms. The number of rotatable bonds is 7. The number of nitrogens with two attached hydrogens (primary N) is 1. The van der Waals surface area contributed by atoms with Crippen LogP contribution in [0, 0.1) is 12.8 Å². The molecule has 0 aliphatic carbocycles. The molecule has 1 atom stereocenters. The molecule has 1 heterocycles. The summed E-state index contributed by atoms with van der Waals surface area (Å²) < 4.78 is 0. The summed E-state index contributed by atoms with van der Waals surface area (Å²) in [6.07, 6.45) is 2.68. The summed E-state index contributed by atoms with van der Waals surface area (Å²) in [6, 6.07) is 6.06. The van der Waals surface area contributed by atoms with Crippen LogP contribution in [0.1, 0.15) is 30.9 Å². The Kier molecular flexibility index (Phi) is 7.40. The largest absolute Gasteiger partial charge is 0.355 e. The van der Waals surface area contributed by atoms with E-state index in [0.29, 0.717) is 26.2 Å². The zero-order valence-corrected chi connectivity index (χ0v) is 15.3. The van der Waals surface area contributed by atoms with Crippen LogP contribution in [0.2, 0.25) is 0 Å². The first kappa shape index (κ1) is 19.4. The van der Waals surface area contributed by atoms with Gasteiger partial charge in [0.1, 0.15) is 0 Å². The van der Waals surface area contributed by atoms with Gasteiger partial charge in [0.15, 0.2) is 0 Å². The minimum Gasteiger partial charge on any atom is -0.355 e. The number of hydrogen-bond donors (Lipinski definition) is 3. The van der Waals surface area contributed by atoms with Crippen molar-refractivity contribution < 1.29 is 9.59 Å². The van der Waals surface area contributed by atoms with Gasteiger partial charge in [-0.3, -0.25) is 14.5 Å². The van der Waals surface area contributed by atoms with Crippen molar-refractivity contribution in [3.8, 4) is 0 Å². The Morgan fingerprint density at radius 3 is 2.88 bits per heavy atom. The second kappa shape index (κ2) is 9.53. The Labute approximate surface area is 150 Å². The van der Waals surface area contributed by atoms with E-state index >= 15 is 0 Å². The van der Waals surface area contributed by atoms with Gasteiger partial charge in [-0.15, -0.1) is 0 Å². The fraction of sp³-hybridized carbons (Fsp3) is 0.579. The number of amides is 2. The molecule has 0 bridgehead atoms. The van der Waals surface area contributed by atoms with E-state index in [1.807, 2.05) is 25.1 Å². The second-order valence-corrected chi connectivity index (χ2v) is 6.66. The quantitative estimate of drug-likeness (QED) is 0.694. The van der Waals surface area contributed by atoms with E-state index in [1.54, 1.807) is 0 Å². The fourth-order valence-corrected chi connectivity index (χ4v) is 3.34. The van der Waals surface area contributed by atoms with Crippen LogP contribution in [-0.4, -0.2) is 49.4 Å². The molecule has 0 radical (unpaired) electrons. The summed E-state index contributed by atoms with van der Waals surface area (Å²) in [5.41, 5.74) is 8.57. The standard InChI is InChI=1S/C19H30N4O2/c1-3-15-7-4-6-14(2)18(15)22-17(24)13-23-11-5-8-16(12-23)19(25)21-10-9-20/h4,6-7,16H,3,5,8-13,20H2,1-2H3,(H,21,25)(H,22,24). The number of nitrogens with zero attached hydrogens (tertiary/aromatic N) is 1. The Bertz CT molecular complexity index is 603. The van der Waals surface area contributed by atoms with Gasteiger partial charge in [-0.1, -0.05) is 25.1 Å². The van der Waals surface area contributed by atoms with Crippen molar-refractivity contribution in [1.29, 1.82) is 0 Å². The fourth-order valence-electron chi connectivity index (χ4n) is 3.34. The van der Waals surface area contributed by atoms with Crippen LogP contribution in [0.4, 0.5) is 5.69 Å². The molecule has 1 fully saturated rings. The van der Waals surface area contributed by atoms with Gasteiger partial charge in [0.05, 0.1) is 12.5 Å². The van der Waals surface area contributed by atoms with E-state index in [9.17, 15) is 9.59 Å². The molecule has 0 spiro atoms. The molecule has 1 unspecified atom stereocenters. The van der Waals surface area contributed by atoms with Crippen molar-refractivity contribution in [2.45, 2.75) is 33.1 Å². The van der Waals surface area contributed by atoms with Crippen molar-refractivity contribution in [2.75, 3.05) is 38.0 Å². The smallest absolute Gasteiger partial charge is 0.238 e. The van der Waals surface area contributed by atoms with E-state index in [2.05, 4.69) is 22.5 Å². The average Bonchev–Trinajstić information content (AvgIpc) is 2.61. The third-order valence-corrected chi connectivity index (χ3v) is 4.69. The lowest BCUT2D eigenvalue weighted by Crippen LogP contribution is -2.46.